The Morgan fingerprint density at radius 2 is 1.89 bits per heavy atom. The SMILES string of the molecule is CCOC(=O)/C=C(\C)CCC(=O)NC(Cc1ccc([N+](=O)[O-])cc1)C(N)=O. The van der Waals surface area contributed by atoms with Gasteiger partial charge in [0.15, 0.2) is 0 Å². The summed E-state index contributed by atoms with van der Waals surface area (Å²) in [6.07, 6.45) is 1.84. The molecule has 27 heavy (non-hydrogen) atoms. The second kappa shape index (κ2) is 10.7. The first-order chi connectivity index (χ1) is 12.7. The highest BCUT2D eigenvalue weighted by atomic mass is 16.6. The number of allylic oxidation sites excluding steroid dienone is 1. The van der Waals surface area contributed by atoms with Gasteiger partial charge in [0.1, 0.15) is 6.04 Å². The van der Waals surface area contributed by atoms with Crippen molar-refractivity contribution < 1.29 is 24.0 Å². The molecule has 146 valence electrons. The fraction of sp³-hybridized carbons (Fsp3) is 0.389. The van der Waals surface area contributed by atoms with Crippen LogP contribution in [0.25, 0.3) is 0 Å². The molecule has 3 N–H and O–H groups in total. The van der Waals surface area contributed by atoms with Gasteiger partial charge in [0.25, 0.3) is 5.69 Å². The van der Waals surface area contributed by atoms with Crippen molar-refractivity contribution in [3.8, 4) is 0 Å². The number of nitro benzene ring substituents is 1. The zero-order valence-corrected chi connectivity index (χ0v) is 15.3. The molecule has 0 saturated carbocycles. The second-order valence-corrected chi connectivity index (χ2v) is 5.89. The molecule has 1 aromatic rings. The first-order valence-corrected chi connectivity index (χ1v) is 8.38. The molecular formula is C18H23N3O6. The van der Waals surface area contributed by atoms with Gasteiger partial charge < -0.3 is 15.8 Å². The molecule has 0 fully saturated rings. The molecule has 0 aliphatic rings. The Hall–Kier alpha value is -3.23. The summed E-state index contributed by atoms with van der Waals surface area (Å²) in [7, 11) is 0. The zero-order chi connectivity index (χ0) is 20.4. The lowest BCUT2D eigenvalue weighted by Gasteiger charge is -2.15. The van der Waals surface area contributed by atoms with Crippen molar-refractivity contribution in [3.05, 3.63) is 51.6 Å². The molecule has 9 heteroatoms. The van der Waals surface area contributed by atoms with Crippen LogP contribution in [0.1, 0.15) is 32.3 Å². The average molecular weight is 377 g/mol. The normalized spacial score (nSPS) is 12.1. The summed E-state index contributed by atoms with van der Waals surface area (Å²) in [6.45, 7) is 3.67. The number of primary amides is 1. The summed E-state index contributed by atoms with van der Waals surface area (Å²) in [4.78, 5) is 45.1. The summed E-state index contributed by atoms with van der Waals surface area (Å²) in [5.41, 5.74) is 6.57. The molecule has 0 aliphatic carbocycles. The monoisotopic (exact) mass is 377 g/mol. The molecular weight excluding hydrogens is 354 g/mol. The Morgan fingerprint density at radius 3 is 2.41 bits per heavy atom. The quantitative estimate of drug-likeness (QED) is 0.273. The van der Waals surface area contributed by atoms with Gasteiger partial charge in [-0.05, 0) is 25.8 Å². The predicted molar refractivity (Wildman–Crippen MR) is 97.5 cm³/mol. The third-order valence-electron chi connectivity index (χ3n) is 3.66. The van der Waals surface area contributed by atoms with Gasteiger partial charge in [0.05, 0.1) is 11.5 Å². The average Bonchev–Trinajstić information content (AvgIpc) is 2.60. The molecule has 1 unspecified atom stereocenters. The minimum absolute atomic E-state index is 0.0673. The van der Waals surface area contributed by atoms with Gasteiger partial charge in [-0.1, -0.05) is 17.7 Å². The Kier molecular flexibility index (Phi) is 8.64. The number of carbonyl (C=O) groups excluding carboxylic acids is 3. The minimum Gasteiger partial charge on any atom is -0.463 e. The van der Waals surface area contributed by atoms with Gasteiger partial charge in [-0.3, -0.25) is 19.7 Å². The van der Waals surface area contributed by atoms with Crippen molar-refractivity contribution in [2.75, 3.05) is 6.61 Å². The van der Waals surface area contributed by atoms with E-state index >= 15 is 0 Å². The smallest absolute Gasteiger partial charge is 0.330 e. The molecule has 0 heterocycles. The molecule has 2 amide bonds. The highest BCUT2D eigenvalue weighted by Crippen LogP contribution is 2.13. The maximum Gasteiger partial charge on any atom is 0.330 e. The van der Waals surface area contributed by atoms with Gasteiger partial charge >= 0.3 is 5.97 Å². The minimum atomic E-state index is -0.937. The van der Waals surface area contributed by atoms with E-state index in [4.69, 9.17) is 10.5 Å². The van der Waals surface area contributed by atoms with Crippen LogP contribution in [-0.4, -0.2) is 35.4 Å². The first-order valence-electron chi connectivity index (χ1n) is 8.38. The van der Waals surface area contributed by atoms with Crippen LogP contribution in [0.2, 0.25) is 0 Å². The van der Waals surface area contributed by atoms with E-state index in [0.29, 0.717) is 17.6 Å². The predicted octanol–water partition coefficient (Wildman–Crippen LogP) is 1.40. The van der Waals surface area contributed by atoms with Crippen LogP contribution in [0.15, 0.2) is 35.9 Å². The fourth-order valence-electron chi connectivity index (χ4n) is 2.25. The Bertz CT molecular complexity index is 727. The lowest BCUT2D eigenvalue weighted by atomic mass is 10.0. The van der Waals surface area contributed by atoms with Crippen molar-refractivity contribution in [1.29, 1.82) is 0 Å². The number of non-ortho nitro benzene ring substituents is 1. The van der Waals surface area contributed by atoms with E-state index in [-0.39, 0.29) is 25.1 Å². The molecule has 0 aromatic heterocycles. The number of ether oxygens (including phenoxy) is 1. The lowest BCUT2D eigenvalue weighted by molar-refractivity contribution is -0.384. The standard InChI is InChI=1S/C18H23N3O6/c1-3-27-17(23)10-12(2)4-9-16(22)20-15(18(19)24)11-13-5-7-14(8-6-13)21(25)26/h5-8,10,15H,3-4,9,11H2,1-2H3,(H2,19,24)(H,20,22)/b12-10+. The van der Waals surface area contributed by atoms with Crippen molar-refractivity contribution >= 4 is 23.5 Å². The van der Waals surface area contributed by atoms with E-state index in [1.807, 2.05) is 0 Å². The van der Waals surface area contributed by atoms with Gasteiger partial charge in [0, 0.05) is 31.1 Å². The van der Waals surface area contributed by atoms with Gasteiger partial charge in [-0.2, -0.15) is 0 Å². The van der Waals surface area contributed by atoms with E-state index in [1.54, 1.807) is 13.8 Å². The second-order valence-electron chi connectivity index (χ2n) is 5.89. The summed E-state index contributed by atoms with van der Waals surface area (Å²) >= 11 is 0. The number of nitrogens with zero attached hydrogens (tertiary/aromatic N) is 1. The fourth-order valence-corrected chi connectivity index (χ4v) is 2.25. The number of nitrogens with two attached hydrogens (primary N) is 1. The number of amides is 2. The third kappa shape index (κ3) is 8.13. The maximum absolute atomic E-state index is 12.1. The highest BCUT2D eigenvalue weighted by molar-refractivity contribution is 5.87. The van der Waals surface area contributed by atoms with Crippen molar-refractivity contribution in [1.82, 2.24) is 5.32 Å². The van der Waals surface area contributed by atoms with Crippen LogP contribution in [0.4, 0.5) is 5.69 Å². The third-order valence-corrected chi connectivity index (χ3v) is 3.66. The van der Waals surface area contributed by atoms with Crippen molar-refractivity contribution in [2.24, 2.45) is 5.73 Å². The number of hydrogen-bond acceptors (Lipinski definition) is 6. The molecule has 0 aliphatic heterocycles. The summed E-state index contributed by atoms with van der Waals surface area (Å²) < 4.78 is 4.79. The Labute approximate surface area is 156 Å². The number of nitrogens with one attached hydrogen (secondary N) is 1. The summed E-state index contributed by atoms with van der Waals surface area (Å²) in [6, 6.07) is 4.71. The first kappa shape index (κ1) is 21.8. The topological polar surface area (TPSA) is 142 Å². The van der Waals surface area contributed by atoms with Crippen LogP contribution in [-0.2, 0) is 25.5 Å². The van der Waals surface area contributed by atoms with Crippen LogP contribution in [0.5, 0.6) is 0 Å². The Morgan fingerprint density at radius 1 is 1.26 bits per heavy atom. The van der Waals surface area contributed by atoms with Crippen molar-refractivity contribution in [3.63, 3.8) is 0 Å². The van der Waals surface area contributed by atoms with E-state index in [0.717, 1.165) is 0 Å². The number of esters is 1. The summed E-state index contributed by atoms with van der Waals surface area (Å²) in [5, 5.41) is 13.2. The maximum atomic E-state index is 12.1. The molecule has 0 radical (unpaired) electrons. The molecule has 0 saturated heterocycles. The van der Waals surface area contributed by atoms with Crippen LogP contribution < -0.4 is 11.1 Å². The molecule has 0 spiro atoms. The summed E-state index contributed by atoms with van der Waals surface area (Å²) in [5.74, 6) is -1.57. The van der Waals surface area contributed by atoms with E-state index in [1.165, 1.54) is 30.3 Å². The van der Waals surface area contributed by atoms with E-state index in [2.05, 4.69) is 5.32 Å². The molecule has 1 aromatic carbocycles. The highest BCUT2D eigenvalue weighted by Gasteiger charge is 2.19. The van der Waals surface area contributed by atoms with Crippen LogP contribution in [0, 0.1) is 10.1 Å². The number of rotatable bonds is 10. The van der Waals surface area contributed by atoms with Crippen molar-refractivity contribution in [2.45, 2.75) is 39.2 Å². The Balaban J connectivity index is 2.61. The van der Waals surface area contributed by atoms with Gasteiger partial charge in [-0.15, -0.1) is 0 Å². The number of hydrogen-bond donors (Lipinski definition) is 2. The molecule has 1 rings (SSSR count). The largest absolute Gasteiger partial charge is 0.463 e. The van der Waals surface area contributed by atoms with Crippen LogP contribution in [0.3, 0.4) is 0 Å². The van der Waals surface area contributed by atoms with Gasteiger partial charge in [-0.25, -0.2) is 4.79 Å². The number of nitro groups is 1. The number of benzene rings is 1. The van der Waals surface area contributed by atoms with Crippen LogP contribution >= 0.6 is 0 Å². The molecule has 1 atom stereocenters. The molecule has 9 nitrogen and oxygen atoms in total. The van der Waals surface area contributed by atoms with Gasteiger partial charge in [0.2, 0.25) is 11.8 Å². The zero-order valence-electron chi connectivity index (χ0n) is 15.3. The number of carbonyl (C=O) groups is 3. The van der Waals surface area contributed by atoms with E-state index < -0.39 is 28.7 Å². The van der Waals surface area contributed by atoms with E-state index in [9.17, 15) is 24.5 Å². The molecule has 0 bridgehead atoms. The lowest BCUT2D eigenvalue weighted by Crippen LogP contribution is -2.45.